The number of halogens is 2. The molecule has 0 radical (unpaired) electrons. The van der Waals surface area contributed by atoms with Crippen LogP contribution in [0.5, 0.6) is 0 Å². The third-order valence-corrected chi connectivity index (χ3v) is 4.20. The minimum atomic E-state index is -0.755. The van der Waals surface area contributed by atoms with Crippen LogP contribution in [0, 0.1) is 10.1 Å². The molecular formula is C15H10Cl2N4O4. The van der Waals surface area contributed by atoms with Gasteiger partial charge in [-0.1, -0.05) is 28.0 Å². The fourth-order valence-corrected chi connectivity index (χ4v) is 2.40. The van der Waals surface area contributed by atoms with Crippen molar-refractivity contribution < 1.29 is 14.6 Å². The second kappa shape index (κ2) is 6.58. The number of nitro groups is 1. The minimum Gasteiger partial charge on any atom is -0.298 e. The van der Waals surface area contributed by atoms with E-state index in [1.54, 1.807) is 12.1 Å². The summed E-state index contributed by atoms with van der Waals surface area (Å²) in [5.74, 6) is 0. The zero-order chi connectivity index (χ0) is 18.1. The van der Waals surface area contributed by atoms with Gasteiger partial charge in [-0.15, -0.1) is 5.10 Å². The number of carbonyl (C=O) groups is 1. The van der Waals surface area contributed by atoms with Gasteiger partial charge in [0.2, 0.25) is 0 Å². The molecule has 0 bridgehead atoms. The monoisotopic (exact) mass is 380 g/mol. The lowest BCUT2D eigenvalue weighted by Crippen LogP contribution is -2.34. The quantitative estimate of drug-likeness (QED) is 0.506. The highest BCUT2D eigenvalue weighted by Gasteiger charge is 2.18. The lowest BCUT2D eigenvalue weighted by atomic mass is 10.2. The molecule has 1 aromatic heterocycles. The van der Waals surface area contributed by atoms with Crippen LogP contribution in [0.1, 0.15) is 0 Å². The van der Waals surface area contributed by atoms with Crippen LogP contribution in [0.25, 0.3) is 10.9 Å². The molecule has 0 aliphatic heterocycles. The van der Waals surface area contributed by atoms with Crippen LogP contribution in [-0.2, 0) is 0 Å². The molecule has 1 amide bonds. The zero-order valence-electron chi connectivity index (χ0n) is 12.7. The highest BCUT2D eigenvalue weighted by molar-refractivity contribution is 6.42. The molecule has 0 N–H and O–H groups in total. The fourth-order valence-electron chi connectivity index (χ4n) is 2.10. The lowest BCUT2D eigenvalue weighted by molar-refractivity contribution is -0.384. The number of nitro benzene ring substituents is 1. The maximum atomic E-state index is 12.3. The molecule has 0 aliphatic carbocycles. The first kappa shape index (κ1) is 17.0. The molecule has 8 nitrogen and oxygen atoms in total. The Morgan fingerprint density at radius 1 is 1.24 bits per heavy atom. The predicted octanol–water partition coefficient (Wildman–Crippen LogP) is 3.94. The van der Waals surface area contributed by atoms with Crippen LogP contribution in [0.15, 0.2) is 42.6 Å². The molecule has 3 rings (SSSR count). The van der Waals surface area contributed by atoms with Crippen molar-refractivity contribution in [3.63, 3.8) is 0 Å². The summed E-state index contributed by atoms with van der Waals surface area (Å²) in [6.07, 6.45) is 0.681. The van der Waals surface area contributed by atoms with Gasteiger partial charge in [-0.25, -0.2) is 4.79 Å². The summed E-state index contributed by atoms with van der Waals surface area (Å²) in [7, 11) is 1.48. The van der Waals surface area contributed by atoms with Gasteiger partial charge in [-0.3, -0.25) is 19.9 Å². The topological polar surface area (TPSA) is 90.5 Å². The average molecular weight is 381 g/mol. The second-order valence-corrected chi connectivity index (χ2v) is 5.85. The molecule has 10 heteroatoms. The second-order valence-electron chi connectivity index (χ2n) is 5.03. The molecule has 2 aromatic carbocycles. The summed E-state index contributed by atoms with van der Waals surface area (Å²) in [5, 5.41) is 16.1. The van der Waals surface area contributed by atoms with E-state index in [1.807, 2.05) is 0 Å². The molecule has 25 heavy (non-hydrogen) atoms. The van der Waals surface area contributed by atoms with E-state index in [2.05, 4.69) is 5.10 Å². The molecule has 0 fully saturated rings. The number of anilines is 1. The first-order chi connectivity index (χ1) is 11.9. The number of hydrogen-bond donors (Lipinski definition) is 0. The Balaban J connectivity index is 1.87. The van der Waals surface area contributed by atoms with E-state index in [-0.39, 0.29) is 5.69 Å². The third kappa shape index (κ3) is 3.35. The van der Waals surface area contributed by atoms with E-state index in [9.17, 15) is 14.9 Å². The van der Waals surface area contributed by atoms with Crippen molar-refractivity contribution in [3.05, 3.63) is 62.8 Å². The van der Waals surface area contributed by atoms with Gasteiger partial charge in [0.1, 0.15) is 5.52 Å². The minimum absolute atomic E-state index is 0.136. The van der Waals surface area contributed by atoms with Crippen LogP contribution in [0.3, 0.4) is 0 Å². The molecule has 0 saturated carbocycles. The molecule has 1 heterocycles. The van der Waals surface area contributed by atoms with Crippen molar-refractivity contribution in [2.75, 3.05) is 11.9 Å². The van der Waals surface area contributed by atoms with E-state index in [4.69, 9.17) is 28.0 Å². The fraction of sp³-hybridized carbons (Fsp3) is 0.0667. The first-order valence-corrected chi connectivity index (χ1v) is 7.65. The van der Waals surface area contributed by atoms with Crippen molar-refractivity contribution in [1.82, 2.24) is 9.94 Å². The van der Waals surface area contributed by atoms with E-state index < -0.39 is 11.0 Å². The van der Waals surface area contributed by atoms with Gasteiger partial charge in [-0.2, -0.15) is 0 Å². The average Bonchev–Trinajstić information content (AvgIpc) is 2.98. The van der Waals surface area contributed by atoms with Gasteiger partial charge in [0.25, 0.3) is 5.69 Å². The van der Waals surface area contributed by atoms with E-state index >= 15 is 0 Å². The third-order valence-electron chi connectivity index (χ3n) is 3.46. The van der Waals surface area contributed by atoms with Crippen molar-refractivity contribution in [2.45, 2.75) is 0 Å². The van der Waals surface area contributed by atoms with Crippen LogP contribution >= 0.6 is 23.2 Å². The van der Waals surface area contributed by atoms with Crippen LogP contribution in [0.4, 0.5) is 16.2 Å². The number of hydrogen-bond acceptors (Lipinski definition) is 5. The first-order valence-electron chi connectivity index (χ1n) is 6.90. The predicted molar refractivity (Wildman–Crippen MR) is 93.2 cm³/mol. The summed E-state index contributed by atoms with van der Waals surface area (Å²) < 4.78 is 0. The van der Waals surface area contributed by atoms with Crippen molar-refractivity contribution in [1.29, 1.82) is 0 Å². The Hall–Kier alpha value is -2.84. The molecule has 128 valence electrons. The summed E-state index contributed by atoms with van der Waals surface area (Å²) in [4.78, 5) is 30.0. The molecular weight excluding hydrogens is 371 g/mol. The largest absolute Gasteiger partial charge is 0.440 e. The van der Waals surface area contributed by atoms with Crippen LogP contribution in [-0.4, -0.2) is 28.0 Å². The molecule has 0 aliphatic rings. The maximum absolute atomic E-state index is 12.3. The van der Waals surface area contributed by atoms with Crippen molar-refractivity contribution >= 4 is 51.6 Å². The number of rotatable bonds is 3. The summed E-state index contributed by atoms with van der Waals surface area (Å²) in [5.41, 5.74) is 0.620. The number of carbonyl (C=O) groups excluding carboxylic acids is 1. The van der Waals surface area contributed by atoms with Crippen LogP contribution < -0.4 is 9.74 Å². The highest BCUT2D eigenvalue weighted by atomic mass is 35.5. The zero-order valence-corrected chi connectivity index (χ0v) is 14.2. The van der Waals surface area contributed by atoms with Gasteiger partial charge in [-0.05, 0) is 24.3 Å². The number of aromatic nitrogens is 2. The SMILES string of the molecule is CN(C(=O)On1ncc2ccc([N+](=O)[O-])cc21)c1ccc(Cl)c(Cl)c1. The number of amides is 1. The van der Waals surface area contributed by atoms with Gasteiger partial charge in [0, 0.05) is 30.3 Å². The molecule has 0 atom stereocenters. The molecule has 0 unspecified atom stereocenters. The Morgan fingerprint density at radius 2 is 2.00 bits per heavy atom. The molecule has 0 spiro atoms. The van der Waals surface area contributed by atoms with Gasteiger partial charge >= 0.3 is 6.09 Å². The normalized spacial score (nSPS) is 10.7. The van der Waals surface area contributed by atoms with Crippen molar-refractivity contribution in [3.8, 4) is 0 Å². The maximum Gasteiger partial charge on any atom is 0.440 e. The Morgan fingerprint density at radius 3 is 2.68 bits per heavy atom. The van der Waals surface area contributed by atoms with Gasteiger partial charge < -0.3 is 0 Å². The number of nitrogens with zero attached hydrogens (tertiary/aromatic N) is 4. The van der Waals surface area contributed by atoms with E-state index in [0.717, 1.165) is 4.85 Å². The Bertz CT molecular complexity index is 989. The van der Waals surface area contributed by atoms with E-state index in [0.29, 0.717) is 26.6 Å². The van der Waals surface area contributed by atoms with Crippen LogP contribution in [0.2, 0.25) is 10.0 Å². The van der Waals surface area contributed by atoms with Gasteiger partial charge in [0.05, 0.1) is 21.2 Å². The number of non-ortho nitro benzene ring substituents is 1. The number of benzene rings is 2. The van der Waals surface area contributed by atoms with E-state index in [1.165, 1.54) is 42.4 Å². The lowest BCUT2D eigenvalue weighted by Gasteiger charge is -2.17. The van der Waals surface area contributed by atoms with Crippen molar-refractivity contribution in [2.24, 2.45) is 0 Å². The summed E-state index contributed by atoms with van der Waals surface area (Å²) >= 11 is 11.8. The Labute approximate surface area is 151 Å². The molecule has 3 aromatic rings. The summed E-state index contributed by atoms with van der Waals surface area (Å²) in [6.45, 7) is 0. The summed E-state index contributed by atoms with van der Waals surface area (Å²) in [6, 6.07) is 8.80. The Kier molecular flexibility index (Phi) is 4.47. The molecule has 0 saturated heterocycles. The highest BCUT2D eigenvalue weighted by Crippen LogP contribution is 2.27. The smallest absolute Gasteiger partial charge is 0.298 e. The van der Waals surface area contributed by atoms with Gasteiger partial charge in [0.15, 0.2) is 0 Å². The number of fused-ring (bicyclic) bond motifs is 1. The standard InChI is InChI=1S/C15H10Cl2N4O4/c1-19(10-4-5-12(16)13(17)6-10)15(22)25-20-14-7-11(21(23)24)3-2-9(14)8-18-20/h2-8H,1H3.